The Morgan fingerprint density at radius 1 is 1.07 bits per heavy atom. The molecule has 0 atom stereocenters. The molecular formula is C19H21N5O4S. The maximum atomic E-state index is 12.8. The Kier molecular flexibility index (Phi) is 6.03. The van der Waals surface area contributed by atoms with Gasteiger partial charge in [0.15, 0.2) is 5.78 Å². The summed E-state index contributed by atoms with van der Waals surface area (Å²) in [6.45, 7) is -0.107. The average Bonchev–Trinajstić information content (AvgIpc) is 3.01. The number of nitrogens with two attached hydrogens (primary N) is 1. The number of methoxy groups -OCH3 is 3. The third kappa shape index (κ3) is 4.32. The van der Waals surface area contributed by atoms with Gasteiger partial charge in [-0.2, -0.15) is 4.68 Å². The summed E-state index contributed by atoms with van der Waals surface area (Å²) in [5.74, 6) is 1.58. The molecule has 1 aromatic heterocycles. The van der Waals surface area contributed by atoms with Crippen LogP contribution in [0, 0.1) is 4.77 Å². The van der Waals surface area contributed by atoms with Gasteiger partial charge in [-0.25, -0.2) is 4.68 Å². The number of nitrogens with zero attached hydrogens (tertiary/aromatic N) is 3. The van der Waals surface area contributed by atoms with Crippen LogP contribution in [0.25, 0.3) is 0 Å². The van der Waals surface area contributed by atoms with Gasteiger partial charge in [-0.05, 0) is 54.7 Å². The lowest BCUT2D eigenvalue weighted by Gasteiger charge is -2.10. The Bertz CT molecular complexity index is 1080. The van der Waals surface area contributed by atoms with Crippen LogP contribution in [0.1, 0.15) is 10.4 Å². The van der Waals surface area contributed by atoms with Gasteiger partial charge < -0.3 is 19.9 Å². The molecule has 0 aliphatic carbocycles. The summed E-state index contributed by atoms with van der Waals surface area (Å²) >= 11 is 5.43. The van der Waals surface area contributed by atoms with E-state index in [1.54, 1.807) is 37.4 Å². The first kappa shape index (κ1) is 20.2. The van der Waals surface area contributed by atoms with Crippen LogP contribution < -0.4 is 25.4 Å². The zero-order valence-corrected chi connectivity index (χ0v) is 17.0. The first-order valence-electron chi connectivity index (χ1n) is 8.58. The smallest absolute Gasteiger partial charge is 0.240 e. The Morgan fingerprint density at radius 3 is 2.34 bits per heavy atom. The number of hydrogen-bond acceptors (Lipinski definition) is 8. The van der Waals surface area contributed by atoms with Crippen molar-refractivity contribution in [1.82, 2.24) is 14.5 Å². The maximum absolute atomic E-state index is 12.8. The number of benzene rings is 2. The van der Waals surface area contributed by atoms with E-state index in [1.807, 2.05) is 12.1 Å². The average molecular weight is 415 g/mol. The first-order valence-corrected chi connectivity index (χ1v) is 8.99. The second kappa shape index (κ2) is 8.65. The van der Waals surface area contributed by atoms with Crippen molar-refractivity contribution in [2.75, 3.05) is 32.5 Å². The summed E-state index contributed by atoms with van der Waals surface area (Å²) in [6, 6.07) is 12.2. The molecular weight excluding hydrogens is 394 g/mol. The van der Waals surface area contributed by atoms with Gasteiger partial charge in [-0.15, -0.1) is 5.10 Å². The van der Waals surface area contributed by atoms with Gasteiger partial charge in [0.05, 0.1) is 32.6 Å². The largest absolute Gasteiger partial charge is 0.497 e. The SMILES string of the molecule is COc1ccc(Nn2c(N)nn(CC(=O)c3cc(OC)ccc3OC)c2=S)cc1. The molecule has 0 aliphatic heterocycles. The zero-order valence-electron chi connectivity index (χ0n) is 16.2. The lowest BCUT2D eigenvalue weighted by molar-refractivity contribution is 0.0963. The van der Waals surface area contributed by atoms with E-state index in [2.05, 4.69) is 10.5 Å². The molecule has 152 valence electrons. The Balaban J connectivity index is 1.85. The number of nitrogens with one attached hydrogen (secondary N) is 1. The van der Waals surface area contributed by atoms with Crippen molar-refractivity contribution in [3.05, 3.63) is 52.8 Å². The monoisotopic (exact) mass is 415 g/mol. The molecule has 0 spiro atoms. The number of aromatic nitrogens is 3. The summed E-state index contributed by atoms with van der Waals surface area (Å²) in [5.41, 5.74) is 10.1. The molecule has 0 amide bonds. The van der Waals surface area contributed by atoms with Crippen molar-refractivity contribution in [2.24, 2.45) is 0 Å². The van der Waals surface area contributed by atoms with Crippen LogP contribution in [-0.2, 0) is 6.54 Å². The summed E-state index contributed by atoms with van der Waals surface area (Å²) in [6.07, 6.45) is 0. The summed E-state index contributed by atoms with van der Waals surface area (Å²) in [5, 5.41) is 4.18. The minimum absolute atomic E-state index is 0.107. The molecule has 3 N–H and O–H groups in total. The van der Waals surface area contributed by atoms with Gasteiger partial charge in [0.2, 0.25) is 10.7 Å². The number of anilines is 2. The number of ketones is 1. The molecule has 1 heterocycles. The van der Waals surface area contributed by atoms with E-state index in [9.17, 15) is 4.79 Å². The van der Waals surface area contributed by atoms with E-state index in [0.29, 0.717) is 17.1 Å². The highest BCUT2D eigenvalue weighted by Crippen LogP contribution is 2.25. The van der Waals surface area contributed by atoms with Gasteiger partial charge in [-0.1, -0.05) is 0 Å². The molecule has 29 heavy (non-hydrogen) atoms. The van der Waals surface area contributed by atoms with E-state index in [-0.39, 0.29) is 23.0 Å². The van der Waals surface area contributed by atoms with Gasteiger partial charge in [0.1, 0.15) is 23.8 Å². The molecule has 0 aliphatic rings. The standard InChI is InChI=1S/C19H21N5O4S/c1-26-13-6-4-12(5-7-13)21-24-18(20)22-23(19(24)29)11-16(25)15-10-14(27-2)8-9-17(15)28-3/h4-10,21H,11H2,1-3H3,(H2,20,22). The van der Waals surface area contributed by atoms with Crippen LogP contribution in [0.4, 0.5) is 11.6 Å². The lowest BCUT2D eigenvalue weighted by atomic mass is 10.1. The normalized spacial score (nSPS) is 10.4. The minimum atomic E-state index is -0.244. The number of hydrogen-bond donors (Lipinski definition) is 2. The van der Waals surface area contributed by atoms with Crippen molar-refractivity contribution in [3.63, 3.8) is 0 Å². The van der Waals surface area contributed by atoms with Crippen LogP contribution in [0.5, 0.6) is 17.2 Å². The Labute approximate surface area is 172 Å². The fourth-order valence-corrected chi connectivity index (χ4v) is 2.93. The molecule has 0 radical (unpaired) electrons. The predicted octanol–water partition coefficient (Wildman–Crippen LogP) is 2.78. The minimum Gasteiger partial charge on any atom is -0.497 e. The number of Topliss-reactive ketones (excluding diaryl/α,β-unsaturated/α-hetero) is 1. The number of ether oxygens (including phenoxy) is 3. The highest BCUT2D eigenvalue weighted by atomic mass is 32.1. The van der Waals surface area contributed by atoms with Crippen molar-refractivity contribution in [3.8, 4) is 17.2 Å². The highest BCUT2D eigenvalue weighted by molar-refractivity contribution is 7.71. The lowest BCUT2D eigenvalue weighted by Crippen LogP contribution is -2.15. The molecule has 3 rings (SSSR count). The van der Waals surface area contributed by atoms with Crippen molar-refractivity contribution >= 4 is 29.6 Å². The molecule has 0 saturated heterocycles. The van der Waals surface area contributed by atoms with Crippen LogP contribution >= 0.6 is 12.2 Å². The zero-order chi connectivity index (χ0) is 21.0. The van der Waals surface area contributed by atoms with E-state index >= 15 is 0 Å². The number of carbonyl (C=O) groups is 1. The highest BCUT2D eigenvalue weighted by Gasteiger charge is 2.17. The topological polar surface area (TPSA) is 106 Å². The van der Waals surface area contributed by atoms with Crippen molar-refractivity contribution in [2.45, 2.75) is 6.54 Å². The number of carbonyl (C=O) groups excluding carboxylic acids is 1. The quantitative estimate of drug-likeness (QED) is 0.427. The van der Waals surface area contributed by atoms with Crippen LogP contribution in [0.2, 0.25) is 0 Å². The number of nitrogen functional groups attached to an aromatic ring is 1. The maximum Gasteiger partial charge on any atom is 0.240 e. The van der Waals surface area contributed by atoms with E-state index in [1.165, 1.54) is 23.6 Å². The molecule has 3 aromatic rings. The van der Waals surface area contributed by atoms with Gasteiger partial charge in [0.25, 0.3) is 0 Å². The van der Waals surface area contributed by atoms with E-state index < -0.39 is 0 Å². The van der Waals surface area contributed by atoms with E-state index in [0.717, 1.165) is 11.4 Å². The molecule has 0 fully saturated rings. The number of rotatable bonds is 8. The summed E-state index contributed by atoms with van der Waals surface area (Å²) < 4.78 is 18.6. The van der Waals surface area contributed by atoms with E-state index in [4.69, 9.17) is 32.2 Å². The van der Waals surface area contributed by atoms with Crippen LogP contribution in [-0.4, -0.2) is 41.6 Å². The second-order valence-electron chi connectivity index (χ2n) is 5.96. The Morgan fingerprint density at radius 2 is 1.72 bits per heavy atom. The van der Waals surface area contributed by atoms with Crippen molar-refractivity contribution in [1.29, 1.82) is 0 Å². The molecule has 2 aromatic carbocycles. The molecule has 10 heteroatoms. The van der Waals surface area contributed by atoms with Gasteiger partial charge >= 0.3 is 0 Å². The predicted molar refractivity (Wildman–Crippen MR) is 111 cm³/mol. The van der Waals surface area contributed by atoms with Crippen LogP contribution in [0.15, 0.2) is 42.5 Å². The third-order valence-electron chi connectivity index (χ3n) is 4.20. The molecule has 0 bridgehead atoms. The third-order valence-corrected chi connectivity index (χ3v) is 4.59. The van der Waals surface area contributed by atoms with Crippen LogP contribution in [0.3, 0.4) is 0 Å². The van der Waals surface area contributed by atoms with Crippen molar-refractivity contribution < 1.29 is 19.0 Å². The Hall–Kier alpha value is -3.53. The first-order chi connectivity index (χ1) is 14.0. The molecule has 0 saturated carbocycles. The van der Waals surface area contributed by atoms with Gasteiger partial charge in [0, 0.05) is 0 Å². The summed E-state index contributed by atoms with van der Waals surface area (Å²) in [4.78, 5) is 12.8. The molecule has 0 unspecified atom stereocenters. The summed E-state index contributed by atoms with van der Waals surface area (Å²) in [7, 11) is 4.62. The fraction of sp³-hybridized carbons (Fsp3) is 0.211. The second-order valence-corrected chi connectivity index (χ2v) is 6.33. The molecule has 9 nitrogen and oxygen atoms in total. The van der Waals surface area contributed by atoms with Gasteiger partial charge in [-0.3, -0.25) is 10.2 Å². The fourth-order valence-electron chi connectivity index (χ4n) is 2.68.